The first-order valence-electron chi connectivity index (χ1n) is 10.5. The Bertz CT molecular complexity index is 1430. The molecule has 34 heavy (non-hydrogen) atoms. The highest BCUT2D eigenvalue weighted by Crippen LogP contribution is 2.42. The molecule has 0 aliphatic carbocycles. The maximum atomic E-state index is 12.6. The molecular weight excluding hydrogens is 452 g/mol. The molecule has 4 aromatic rings. The van der Waals surface area contributed by atoms with Crippen molar-refractivity contribution in [3.63, 3.8) is 0 Å². The lowest BCUT2D eigenvalue weighted by Crippen LogP contribution is -2.33. The molecule has 0 atom stereocenters. The number of nitrogens with zero attached hydrogens (tertiary/aromatic N) is 5. The van der Waals surface area contributed by atoms with Crippen LogP contribution in [0.25, 0.3) is 22.5 Å². The Morgan fingerprint density at radius 3 is 2.56 bits per heavy atom. The van der Waals surface area contributed by atoms with Crippen molar-refractivity contribution in [2.75, 3.05) is 17.3 Å². The van der Waals surface area contributed by atoms with Crippen LogP contribution in [0.2, 0.25) is 0 Å². The van der Waals surface area contributed by atoms with Crippen LogP contribution >= 0.6 is 11.3 Å². The standard InChI is InChI=1S/C24H20N6O3S/c1-24(2)17-12-15(7-9-20(17)29(3)22(24)31)19-13-34-23(25-19)26-21-10-8-18(27-28-21)14-5-4-6-16(11-14)30(32)33/h4-13H,1-3H3,(H,25,26,28). The topological polar surface area (TPSA) is 114 Å². The van der Waals surface area contributed by atoms with Crippen molar-refractivity contribution >= 4 is 39.6 Å². The molecule has 0 spiro atoms. The minimum atomic E-state index is -0.576. The first-order chi connectivity index (χ1) is 16.2. The highest BCUT2D eigenvalue weighted by atomic mass is 32.1. The second-order valence-corrected chi connectivity index (χ2v) is 9.35. The smallest absolute Gasteiger partial charge is 0.270 e. The number of rotatable bonds is 5. The molecular formula is C24H20N6O3S. The van der Waals surface area contributed by atoms with Crippen LogP contribution in [0.1, 0.15) is 19.4 Å². The van der Waals surface area contributed by atoms with Crippen LogP contribution in [-0.4, -0.2) is 33.1 Å². The van der Waals surface area contributed by atoms with Crippen molar-refractivity contribution in [3.05, 3.63) is 75.7 Å². The Labute approximate surface area is 199 Å². The fourth-order valence-electron chi connectivity index (χ4n) is 4.04. The molecule has 1 aliphatic heterocycles. The Balaban J connectivity index is 1.35. The van der Waals surface area contributed by atoms with Gasteiger partial charge in [0.15, 0.2) is 10.9 Å². The fourth-order valence-corrected chi connectivity index (χ4v) is 4.76. The third-order valence-electron chi connectivity index (χ3n) is 5.92. The zero-order valence-electron chi connectivity index (χ0n) is 18.6. The number of anilines is 3. The first-order valence-corrected chi connectivity index (χ1v) is 11.4. The van der Waals surface area contributed by atoms with Gasteiger partial charge in [-0.15, -0.1) is 21.5 Å². The Morgan fingerprint density at radius 1 is 1.03 bits per heavy atom. The highest BCUT2D eigenvalue weighted by Gasteiger charge is 2.42. The van der Waals surface area contributed by atoms with E-state index in [2.05, 4.69) is 20.5 Å². The number of nitrogens with one attached hydrogen (secondary N) is 1. The quantitative estimate of drug-likeness (QED) is 0.315. The van der Waals surface area contributed by atoms with Gasteiger partial charge in [0.05, 0.1) is 21.7 Å². The molecule has 0 fully saturated rings. The summed E-state index contributed by atoms with van der Waals surface area (Å²) in [6, 6.07) is 15.7. The number of carbonyl (C=O) groups excluding carboxylic acids is 1. The van der Waals surface area contributed by atoms with E-state index in [1.54, 1.807) is 36.2 Å². The molecule has 0 radical (unpaired) electrons. The van der Waals surface area contributed by atoms with Gasteiger partial charge in [-0.1, -0.05) is 18.2 Å². The van der Waals surface area contributed by atoms with Crippen molar-refractivity contribution in [1.82, 2.24) is 15.2 Å². The number of likely N-dealkylation sites (N-methyl/N-ethyl adjacent to an activating group) is 1. The second-order valence-electron chi connectivity index (χ2n) is 8.50. The molecule has 170 valence electrons. The summed E-state index contributed by atoms with van der Waals surface area (Å²) in [5.74, 6) is 0.588. The van der Waals surface area contributed by atoms with Crippen LogP contribution in [0.5, 0.6) is 0 Å². The van der Waals surface area contributed by atoms with Gasteiger partial charge in [0.2, 0.25) is 5.91 Å². The van der Waals surface area contributed by atoms with E-state index < -0.39 is 10.3 Å². The average Bonchev–Trinajstić information content (AvgIpc) is 3.37. The first kappa shape index (κ1) is 21.7. The maximum Gasteiger partial charge on any atom is 0.270 e. The van der Waals surface area contributed by atoms with Gasteiger partial charge in [-0.2, -0.15) is 0 Å². The van der Waals surface area contributed by atoms with E-state index in [0.29, 0.717) is 22.2 Å². The van der Waals surface area contributed by atoms with Gasteiger partial charge in [0.25, 0.3) is 5.69 Å². The van der Waals surface area contributed by atoms with Gasteiger partial charge in [0, 0.05) is 41.4 Å². The normalized spacial score (nSPS) is 14.2. The Morgan fingerprint density at radius 2 is 1.82 bits per heavy atom. The molecule has 0 saturated heterocycles. The van der Waals surface area contributed by atoms with Gasteiger partial charge in [0.1, 0.15) is 0 Å². The molecule has 0 saturated carbocycles. The summed E-state index contributed by atoms with van der Waals surface area (Å²) in [6.45, 7) is 3.87. The summed E-state index contributed by atoms with van der Waals surface area (Å²) >= 11 is 1.44. The third-order valence-corrected chi connectivity index (χ3v) is 6.68. The maximum absolute atomic E-state index is 12.6. The van der Waals surface area contributed by atoms with E-state index in [1.165, 1.54) is 23.5 Å². The summed E-state index contributed by atoms with van der Waals surface area (Å²) in [4.78, 5) is 29.5. The van der Waals surface area contributed by atoms with Gasteiger partial charge < -0.3 is 10.2 Å². The minimum absolute atomic E-state index is 0.00256. The van der Waals surface area contributed by atoms with Crippen molar-refractivity contribution < 1.29 is 9.72 Å². The van der Waals surface area contributed by atoms with Crippen molar-refractivity contribution in [3.8, 4) is 22.5 Å². The predicted molar refractivity (Wildman–Crippen MR) is 131 cm³/mol. The van der Waals surface area contributed by atoms with E-state index in [9.17, 15) is 14.9 Å². The zero-order valence-corrected chi connectivity index (χ0v) is 19.5. The van der Waals surface area contributed by atoms with Crippen molar-refractivity contribution in [1.29, 1.82) is 0 Å². The van der Waals surface area contributed by atoms with Gasteiger partial charge in [-0.3, -0.25) is 14.9 Å². The second kappa shape index (κ2) is 7.99. The lowest BCUT2D eigenvalue weighted by molar-refractivity contribution is -0.384. The van der Waals surface area contributed by atoms with E-state index in [0.717, 1.165) is 22.5 Å². The number of nitro groups is 1. The molecule has 5 rings (SSSR count). The summed E-state index contributed by atoms with van der Waals surface area (Å²) < 4.78 is 0. The predicted octanol–water partition coefficient (Wildman–Crippen LogP) is 5.17. The number of carbonyl (C=O) groups is 1. The molecule has 10 heteroatoms. The van der Waals surface area contributed by atoms with Gasteiger partial charge in [-0.05, 0) is 43.7 Å². The molecule has 2 aromatic heterocycles. The monoisotopic (exact) mass is 472 g/mol. The number of benzene rings is 2. The molecule has 0 bridgehead atoms. The van der Waals surface area contributed by atoms with Crippen LogP contribution < -0.4 is 10.2 Å². The van der Waals surface area contributed by atoms with Crippen LogP contribution in [0.4, 0.5) is 22.3 Å². The Kier molecular flexibility index (Phi) is 5.09. The van der Waals surface area contributed by atoms with E-state index in [4.69, 9.17) is 0 Å². The zero-order chi connectivity index (χ0) is 24.0. The SMILES string of the molecule is CN1C(=O)C(C)(C)c2cc(-c3csc(Nc4ccc(-c5cccc([N+](=O)[O-])c5)nn4)n3)ccc21. The van der Waals surface area contributed by atoms with Crippen molar-refractivity contribution in [2.45, 2.75) is 19.3 Å². The third kappa shape index (κ3) is 3.67. The van der Waals surface area contributed by atoms with Crippen LogP contribution in [-0.2, 0) is 10.2 Å². The Hall–Kier alpha value is -4.18. The lowest BCUT2D eigenvalue weighted by atomic mass is 9.85. The number of fused-ring (bicyclic) bond motifs is 1. The summed E-state index contributed by atoms with van der Waals surface area (Å²) in [5, 5.41) is 25.1. The number of aromatic nitrogens is 3. The van der Waals surface area contributed by atoms with Crippen LogP contribution in [0.15, 0.2) is 60.0 Å². The number of thiazole rings is 1. The summed E-state index contributed by atoms with van der Waals surface area (Å²) in [5.41, 5.74) is 4.23. The molecule has 1 N–H and O–H groups in total. The fraction of sp³-hybridized carbons (Fsp3) is 0.167. The molecule has 3 heterocycles. The number of hydrogen-bond acceptors (Lipinski definition) is 8. The summed E-state index contributed by atoms with van der Waals surface area (Å²) in [6.07, 6.45) is 0. The number of nitro benzene ring substituents is 1. The van der Waals surface area contributed by atoms with Crippen LogP contribution in [0, 0.1) is 10.1 Å². The van der Waals surface area contributed by atoms with Crippen molar-refractivity contribution in [2.24, 2.45) is 0 Å². The number of non-ortho nitro benzene ring substituents is 1. The molecule has 2 aromatic carbocycles. The average molecular weight is 473 g/mol. The van der Waals surface area contributed by atoms with E-state index in [-0.39, 0.29) is 11.6 Å². The minimum Gasteiger partial charge on any atom is -0.315 e. The van der Waals surface area contributed by atoms with E-state index >= 15 is 0 Å². The van der Waals surface area contributed by atoms with Gasteiger partial charge in [-0.25, -0.2) is 4.98 Å². The summed E-state index contributed by atoms with van der Waals surface area (Å²) in [7, 11) is 1.80. The lowest BCUT2D eigenvalue weighted by Gasteiger charge is -2.16. The molecule has 9 nitrogen and oxygen atoms in total. The highest BCUT2D eigenvalue weighted by molar-refractivity contribution is 7.14. The van der Waals surface area contributed by atoms with E-state index in [1.807, 2.05) is 37.4 Å². The largest absolute Gasteiger partial charge is 0.315 e. The molecule has 1 amide bonds. The number of hydrogen-bond donors (Lipinski definition) is 1. The molecule has 1 aliphatic rings. The van der Waals surface area contributed by atoms with Crippen LogP contribution in [0.3, 0.4) is 0 Å². The van der Waals surface area contributed by atoms with Gasteiger partial charge >= 0.3 is 0 Å². The number of amides is 1. The molecule has 0 unspecified atom stereocenters.